The minimum Gasteiger partial charge on any atom is -0.504 e. The molecule has 30 heavy (non-hydrogen) atoms. The molecule has 2 N–H and O–H groups in total. The number of amides is 1. The van der Waals surface area contributed by atoms with Gasteiger partial charge in [0.15, 0.2) is 17.3 Å². The van der Waals surface area contributed by atoms with Crippen molar-refractivity contribution in [2.24, 2.45) is 0 Å². The van der Waals surface area contributed by atoms with Gasteiger partial charge in [0.1, 0.15) is 6.61 Å². The number of alkyl carbamates (subject to hydrolysis) is 1. The maximum absolute atomic E-state index is 12.3. The molecule has 3 aromatic rings. The Bertz CT molecular complexity index is 1060. The molecule has 0 unspecified atom stereocenters. The highest BCUT2D eigenvalue weighted by atomic mass is 16.5. The van der Waals surface area contributed by atoms with Crippen LogP contribution in [0.1, 0.15) is 27.4 Å². The van der Waals surface area contributed by atoms with Crippen molar-refractivity contribution in [3.05, 3.63) is 83.4 Å². The van der Waals surface area contributed by atoms with Gasteiger partial charge in [-0.05, 0) is 40.5 Å². The van der Waals surface area contributed by atoms with E-state index in [9.17, 15) is 14.7 Å². The minimum atomic E-state index is -0.657. The number of rotatable bonds is 6. The molecule has 0 saturated heterocycles. The minimum absolute atomic E-state index is 0.0415. The van der Waals surface area contributed by atoms with Crippen molar-refractivity contribution in [3.63, 3.8) is 0 Å². The van der Waals surface area contributed by atoms with Gasteiger partial charge in [0, 0.05) is 11.5 Å². The fourth-order valence-corrected chi connectivity index (χ4v) is 3.76. The summed E-state index contributed by atoms with van der Waals surface area (Å²) in [5, 5.41) is 12.1. The summed E-state index contributed by atoms with van der Waals surface area (Å²) >= 11 is 0. The molecule has 1 aliphatic rings. The van der Waals surface area contributed by atoms with Crippen LogP contribution in [0.5, 0.6) is 11.5 Å². The molecule has 0 atom stereocenters. The first-order chi connectivity index (χ1) is 14.6. The van der Waals surface area contributed by atoms with Crippen molar-refractivity contribution < 1.29 is 24.2 Å². The van der Waals surface area contributed by atoms with E-state index in [4.69, 9.17) is 9.47 Å². The lowest BCUT2D eigenvalue weighted by Gasteiger charge is -2.14. The first-order valence-electron chi connectivity index (χ1n) is 9.57. The predicted molar refractivity (Wildman–Crippen MR) is 112 cm³/mol. The lowest BCUT2D eigenvalue weighted by molar-refractivity contribution is 0.0975. The Labute approximate surface area is 174 Å². The van der Waals surface area contributed by atoms with Crippen LogP contribution in [0.4, 0.5) is 4.79 Å². The molecule has 0 saturated carbocycles. The Balaban J connectivity index is 1.37. The Hall–Kier alpha value is -3.80. The van der Waals surface area contributed by atoms with Gasteiger partial charge in [0.2, 0.25) is 0 Å². The van der Waals surface area contributed by atoms with E-state index < -0.39 is 6.09 Å². The molecule has 0 aromatic heterocycles. The monoisotopic (exact) mass is 403 g/mol. The highest BCUT2D eigenvalue weighted by Gasteiger charge is 2.29. The summed E-state index contributed by atoms with van der Waals surface area (Å²) in [4.78, 5) is 24.5. The Morgan fingerprint density at radius 2 is 1.60 bits per heavy atom. The third-order valence-corrected chi connectivity index (χ3v) is 5.24. The number of nitrogens with one attached hydrogen (secondary N) is 1. The maximum atomic E-state index is 12.3. The van der Waals surface area contributed by atoms with E-state index in [1.807, 2.05) is 36.4 Å². The number of ether oxygens (including phenoxy) is 2. The smallest absolute Gasteiger partial charge is 0.407 e. The van der Waals surface area contributed by atoms with E-state index in [-0.39, 0.29) is 36.4 Å². The zero-order valence-electron chi connectivity index (χ0n) is 16.4. The van der Waals surface area contributed by atoms with Crippen LogP contribution in [-0.2, 0) is 4.74 Å². The molecule has 0 spiro atoms. The molecule has 0 fully saturated rings. The summed E-state index contributed by atoms with van der Waals surface area (Å²) in [5.74, 6) is -0.220. The molecule has 1 amide bonds. The van der Waals surface area contributed by atoms with Gasteiger partial charge in [0.05, 0.1) is 13.7 Å². The number of Topliss-reactive ketones (excluding diaryl/α,β-unsaturated/α-hetero) is 1. The third-order valence-electron chi connectivity index (χ3n) is 5.24. The van der Waals surface area contributed by atoms with Gasteiger partial charge in [-0.3, -0.25) is 4.79 Å². The first kappa shape index (κ1) is 19.5. The molecule has 6 nitrogen and oxygen atoms in total. The van der Waals surface area contributed by atoms with Gasteiger partial charge < -0.3 is 19.9 Å². The lowest BCUT2D eigenvalue weighted by Crippen LogP contribution is -2.31. The van der Waals surface area contributed by atoms with E-state index >= 15 is 0 Å². The summed E-state index contributed by atoms with van der Waals surface area (Å²) in [5.41, 5.74) is 4.87. The predicted octanol–water partition coefficient (Wildman–Crippen LogP) is 4.12. The van der Waals surface area contributed by atoms with Crippen LogP contribution in [0, 0.1) is 0 Å². The molecule has 1 aliphatic carbocycles. The van der Waals surface area contributed by atoms with Crippen LogP contribution in [0.3, 0.4) is 0 Å². The zero-order chi connectivity index (χ0) is 21.1. The van der Waals surface area contributed by atoms with Crippen LogP contribution in [0.2, 0.25) is 0 Å². The molecule has 152 valence electrons. The number of phenolic OH excluding ortho intramolecular Hbond substituents is 1. The number of hydrogen-bond donors (Lipinski definition) is 2. The number of methoxy groups -OCH3 is 1. The van der Waals surface area contributed by atoms with Crippen molar-refractivity contribution in [2.45, 2.75) is 5.92 Å². The van der Waals surface area contributed by atoms with Gasteiger partial charge in [-0.15, -0.1) is 0 Å². The fourth-order valence-electron chi connectivity index (χ4n) is 3.76. The number of fused-ring (bicyclic) bond motifs is 3. The van der Waals surface area contributed by atoms with Crippen LogP contribution < -0.4 is 10.1 Å². The van der Waals surface area contributed by atoms with Crippen molar-refractivity contribution in [2.75, 3.05) is 20.3 Å². The van der Waals surface area contributed by atoms with E-state index in [0.29, 0.717) is 5.56 Å². The number of benzene rings is 3. The second-order valence-electron chi connectivity index (χ2n) is 6.99. The van der Waals surface area contributed by atoms with E-state index in [1.165, 1.54) is 25.3 Å². The molecule has 3 aromatic carbocycles. The summed E-state index contributed by atoms with van der Waals surface area (Å²) in [6.07, 6.45) is -0.657. The topological polar surface area (TPSA) is 84.9 Å². The van der Waals surface area contributed by atoms with Gasteiger partial charge >= 0.3 is 6.09 Å². The second kappa shape index (κ2) is 8.29. The quantitative estimate of drug-likeness (QED) is 0.605. The highest BCUT2D eigenvalue weighted by molar-refractivity contribution is 5.99. The van der Waals surface area contributed by atoms with Crippen LogP contribution in [0.15, 0.2) is 66.7 Å². The summed E-state index contributed by atoms with van der Waals surface area (Å²) < 4.78 is 10.4. The highest BCUT2D eigenvalue weighted by Crippen LogP contribution is 2.44. The van der Waals surface area contributed by atoms with E-state index in [2.05, 4.69) is 17.4 Å². The molecule has 0 heterocycles. The van der Waals surface area contributed by atoms with Crippen molar-refractivity contribution >= 4 is 11.9 Å². The number of ketones is 1. The molecular formula is C24H21NO5. The molecule has 6 heteroatoms. The summed E-state index contributed by atoms with van der Waals surface area (Å²) in [6, 6.07) is 20.4. The fraction of sp³-hybridized carbons (Fsp3) is 0.167. The third kappa shape index (κ3) is 3.72. The summed E-state index contributed by atoms with van der Waals surface area (Å²) in [6.45, 7) is -0.0360. The SMILES string of the molecule is COc1cc(C(=O)CNC(=O)OCC2c3ccccc3-c3ccccc32)ccc1O. The lowest BCUT2D eigenvalue weighted by atomic mass is 9.98. The second-order valence-corrected chi connectivity index (χ2v) is 6.99. The van der Waals surface area contributed by atoms with Crippen molar-refractivity contribution in [3.8, 4) is 22.6 Å². The molecule has 0 aliphatic heterocycles. The van der Waals surface area contributed by atoms with E-state index in [0.717, 1.165) is 22.3 Å². The van der Waals surface area contributed by atoms with Gasteiger partial charge in [-0.2, -0.15) is 0 Å². The van der Waals surface area contributed by atoms with Gasteiger partial charge in [0.25, 0.3) is 0 Å². The van der Waals surface area contributed by atoms with Gasteiger partial charge in [-0.1, -0.05) is 48.5 Å². The van der Waals surface area contributed by atoms with Gasteiger partial charge in [-0.25, -0.2) is 4.79 Å². The maximum Gasteiger partial charge on any atom is 0.407 e. The number of carbonyl (C=O) groups excluding carboxylic acids is 2. The molecule has 0 radical (unpaired) electrons. The molecule has 0 bridgehead atoms. The van der Waals surface area contributed by atoms with Crippen LogP contribution in [-0.4, -0.2) is 37.2 Å². The average molecular weight is 403 g/mol. The first-order valence-corrected chi connectivity index (χ1v) is 9.57. The van der Waals surface area contributed by atoms with E-state index in [1.54, 1.807) is 0 Å². The Morgan fingerprint density at radius 3 is 2.23 bits per heavy atom. The van der Waals surface area contributed by atoms with Crippen molar-refractivity contribution in [1.82, 2.24) is 5.32 Å². The molecule has 4 rings (SSSR count). The number of phenols is 1. The largest absolute Gasteiger partial charge is 0.504 e. The van der Waals surface area contributed by atoms with Crippen LogP contribution >= 0.6 is 0 Å². The van der Waals surface area contributed by atoms with Crippen molar-refractivity contribution in [1.29, 1.82) is 0 Å². The number of aromatic hydroxyl groups is 1. The number of carbonyl (C=O) groups is 2. The average Bonchev–Trinajstić information content (AvgIpc) is 3.10. The standard InChI is InChI=1S/C24H21NO5/c1-29-23-12-15(10-11-21(23)26)22(27)13-25-24(28)30-14-20-18-8-4-2-6-16(18)17-7-3-5-9-19(17)20/h2-12,20,26H,13-14H2,1H3,(H,25,28). The van der Waals surface area contributed by atoms with Crippen LogP contribution in [0.25, 0.3) is 11.1 Å². The molecular weight excluding hydrogens is 382 g/mol. The summed E-state index contributed by atoms with van der Waals surface area (Å²) in [7, 11) is 1.40. The normalized spacial score (nSPS) is 12.0. The zero-order valence-corrected chi connectivity index (χ0v) is 16.4. The Kier molecular flexibility index (Phi) is 5.39. The Morgan fingerprint density at radius 1 is 0.967 bits per heavy atom. The number of hydrogen-bond acceptors (Lipinski definition) is 5.